The lowest BCUT2D eigenvalue weighted by Gasteiger charge is -2.13. The number of carbonyl (C=O) groups excluding carboxylic acids is 1. The molecule has 6 heteroatoms. The summed E-state index contributed by atoms with van der Waals surface area (Å²) in [6, 6.07) is 2.77. The van der Waals surface area contributed by atoms with E-state index in [2.05, 4.69) is 0 Å². The highest BCUT2D eigenvalue weighted by atomic mass is 16.5. The van der Waals surface area contributed by atoms with Gasteiger partial charge in [0.25, 0.3) is 0 Å². The van der Waals surface area contributed by atoms with E-state index >= 15 is 0 Å². The monoisotopic (exact) mass is 224 g/mol. The van der Waals surface area contributed by atoms with Gasteiger partial charge >= 0.3 is 7.12 Å². The van der Waals surface area contributed by atoms with Crippen LogP contribution in [0.3, 0.4) is 0 Å². The Kier molecular flexibility index (Phi) is 4.33. The number of carbonyl (C=O) groups is 1. The van der Waals surface area contributed by atoms with Crippen LogP contribution < -0.4 is 14.9 Å². The Morgan fingerprint density at radius 1 is 1.44 bits per heavy atom. The predicted octanol–water partition coefficient (Wildman–Crippen LogP) is -0.414. The van der Waals surface area contributed by atoms with Crippen molar-refractivity contribution in [3.8, 4) is 11.5 Å². The van der Waals surface area contributed by atoms with E-state index < -0.39 is 7.12 Å². The fourth-order valence-electron chi connectivity index (χ4n) is 1.33. The summed E-state index contributed by atoms with van der Waals surface area (Å²) in [5.74, 6) is 0.610. The molecule has 0 aliphatic carbocycles. The zero-order chi connectivity index (χ0) is 12.1. The molecule has 0 unspecified atom stereocenters. The first kappa shape index (κ1) is 12.5. The van der Waals surface area contributed by atoms with Crippen molar-refractivity contribution in [2.24, 2.45) is 0 Å². The van der Waals surface area contributed by atoms with Gasteiger partial charge in [-0.25, -0.2) is 0 Å². The number of ether oxygens (including phenoxy) is 2. The SMILES string of the molecule is CCOc1c(C=O)cc(B(O)O)cc1OC. The van der Waals surface area contributed by atoms with E-state index in [4.69, 9.17) is 19.5 Å². The first-order valence-corrected chi connectivity index (χ1v) is 4.80. The molecule has 0 saturated carbocycles. The average Bonchev–Trinajstić information content (AvgIpc) is 2.29. The molecule has 0 bridgehead atoms. The van der Waals surface area contributed by atoms with Crippen LogP contribution in [0, 0.1) is 0 Å². The normalized spacial score (nSPS) is 9.75. The van der Waals surface area contributed by atoms with Crippen molar-refractivity contribution in [1.29, 1.82) is 0 Å². The number of rotatable bonds is 5. The van der Waals surface area contributed by atoms with E-state index in [9.17, 15) is 4.79 Å². The zero-order valence-corrected chi connectivity index (χ0v) is 9.14. The van der Waals surface area contributed by atoms with Crippen LogP contribution >= 0.6 is 0 Å². The summed E-state index contributed by atoms with van der Waals surface area (Å²) in [6.07, 6.45) is 0.583. The van der Waals surface area contributed by atoms with E-state index in [0.29, 0.717) is 24.4 Å². The number of methoxy groups -OCH3 is 1. The number of aldehydes is 1. The quantitative estimate of drug-likeness (QED) is 0.525. The van der Waals surface area contributed by atoms with Gasteiger partial charge in [0.05, 0.1) is 19.3 Å². The number of hydrogen-bond acceptors (Lipinski definition) is 5. The van der Waals surface area contributed by atoms with Crippen molar-refractivity contribution in [3.05, 3.63) is 17.7 Å². The molecule has 0 saturated heterocycles. The van der Waals surface area contributed by atoms with Crippen molar-refractivity contribution in [1.82, 2.24) is 0 Å². The van der Waals surface area contributed by atoms with Crippen LogP contribution in [0.5, 0.6) is 11.5 Å². The van der Waals surface area contributed by atoms with Gasteiger partial charge in [-0.1, -0.05) is 0 Å². The molecule has 0 aromatic heterocycles. The first-order chi connectivity index (χ1) is 7.63. The van der Waals surface area contributed by atoms with Gasteiger partial charge in [0.15, 0.2) is 17.8 Å². The van der Waals surface area contributed by atoms with Gasteiger partial charge in [0.1, 0.15) is 0 Å². The van der Waals surface area contributed by atoms with Gasteiger partial charge < -0.3 is 19.5 Å². The van der Waals surface area contributed by atoms with Gasteiger partial charge in [0, 0.05) is 0 Å². The third-order valence-electron chi connectivity index (χ3n) is 2.04. The summed E-state index contributed by atoms with van der Waals surface area (Å²) < 4.78 is 10.3. The minimum absolute atomic E-state index is 0.183. The highest BCUT2D eigenvalue weighted by molar-refractivity contribution is 6.58. The molecule has 0 radical (unpaired) electrons. The van der Waals surface area contributed by atoms with Crippen LogP contribution in [0.15, 0.2) is 12.1 Å². The molecular weight excluding hydrogens is 211 g/mol. The Hall–Kier alpha value is -1.53. The van der Waals surface area contributed by atoms with E-state index in [1.54, 1.807) is 6.92 Å². The van der Waals surface area contributed by atoms with Gasteiger partial charge in [-0.2, -0.15) is 0 Å². The zero-order valence-electron chi connectivity index (χ0n) is 9.14. The highest BCUT2D eigenvalue weighted by Crippen LogP contribution is 2.29. The molecule has 5 nitrogen and oxygen atoms in total. The molecule has 0 aliphatic rings. The lowest BCUT2D eigenvalue weighted by molar-refractivity contribution is 0.111. The smallest absolute Gasteiger partial charge is 0.488 e. The van der Waals surface area contributed by atoms with E-state index in [-0.39, 0.29) is 11.0 Å². The summed E-state index contributed by atoms with van der Waals surface area (Å²) in [4.78, 5) is 10.8. The maximum atomic E-state index is 10.8. The predicted molar refractivity (Wildman–Crippen MR) is 59.4 cm³/mol. The molecule has 0 heterocycles. The van der Waals surface area contributed by atoms with Crippen molar-refractivity contribution in [2.45, 2.75) is 6.92 Å². The topological polar surface area (TPSA) is 76.0 Å². The Labute approximate surface area is 93.8 Å². The molecule has 1 rings (SSSR count). The molecule has 86 valence electrons. The standard InChI is InChI=1S/C10H13BO5/c1-3-16-10-7(6-12)4-8(11(13)14)5-9(10)15-2/h4-6,13-14H,3H2,1-2H3. The van der Waals surface area contributed by atoms with Gasteiger partial charge in [-0.15, -0.1) is 0 Å². The second kappa shape index (κ2) is 5.53. The second-order valence-corrected chi connectivity index (χ2v) is 3.07. The summed E-state index contributed by atoms with van der Waals surface area (Å²) in [5.41, 5.74) is 0.409. The van der Waals surface area contributed by atoms with Crippen molar-refractivity contribution in [2.75, 3.05) is 13.7 Å². The van der Waals surface area contributed by atoms with Crippen LogP contribution in [-0.4, -0.2) is 37.2 Å². The fraction of sp³-hybridized carbons (Fsp3) is 0.300. The van der Waals surface area contributed by atoms with Crippen LogP contribution in [0.25, 0.3) is 0 Å². The van der Waals surface area contributed by atoms with E-state index in [1.165, 1.54) is 19.2 Å². The van der Waals surface area contributed by atoms with Crippen LogP contribution in [0.4, 0.5) is 0 Å². The molecule has 0 aliphatic heterocycles. The fourth-order valence-corrected chi connectivity index (χ4v) is 1.33. The van der Waals surface area contributed by atoms with Crippen LogP contribution in [0.1, 0.15) is 17.3 Å². The second-order valence-electron chi connectivity index (χ2n) is 3.07. The van der Waals surface area contributed by atoms with E-state index in [1.807, 2.05) is 0 Å². The maximum Gasteiger partial charge on any atom is 0.488 e. The van der Waals surface area contributed by atoms with Crippen LogP contribution in [-0.2, 0) is 0 Å². The summed E-state index contributed by atoms with van der Waals surface area (Å²) in [6.45, 7) is 2.17. The lowest BCUT2D eigenvalue weighted by Crippen LogP contribution is -2.30. The summed E-state index contributed by atoms with van der Waals surface area (Å²) in [5, 5.41) is 18.1. The molecule has 0 amide bonds. The first-order valence-electron chi connectivity index (χ1n) is 4.80. The molecular formula is C10H13BO5. The maximum absolute atomic E-state index is 10.8. The molecule has 2 N–H and O–H groups in total. The molecule has 0 spiro atoms. The number of hydrogen-bond donors (Lipinski definition) is 2. The molecule has 16 heavy (non-hydrogen) atoms. The van der Waals surface area contributed by atoms with Gasteiger partial charge in [-0.05, 0) is 24.5 Å². The minimum atomic E-state index is -1.65. The molecule has 1 aromatic carbocycles. The van der Waals surface area contributed by atoms with Gasteiger partial charge in [-0.3, -0.25) is 4.79 Å². The molecule has 1 aromatic rings. The summed E-state index contributed by atoms with van der Waals surface area (Å²) in [7, 11) is -0.233. The van der Waals surface area contributed by atoms with E-state index in [0.717, 1.165) is 0 Å². The van der Waals surface area contributed by atoms with Gasteiger partial charge in [0.2, 0.25) is 0 Å². The third kappa shape index (κ3) is 2.53. The Morgan fingerprint density at radius 2 is 2.12 bits per heavy atom. The Morgan fingerprint density at radius 3 is 2.56 bits per heavy atom. The third-order valence-corrected chi connectivity index (χ3v) is 2.04. The van der Waals surface area contributed by atoms with Crippen molar-refractivity contribution in [3.63, 3.8) is 0 Å². The highest BCUT2D eigenvalue weighted by Gasteiger charge is 2.18. The Bertz CT molecular complexity index is 378. The largest absolute Gasteiger partial charge is 0.493 e. The lowest BCUT2D eigenvalue weighted by atomic mass is 9.79. The minimum Gasteiger partial charge on any atom is -0.493 e. The summed E-state index contributed by atoms with van der Waals surface area (Å²) >= 11 is 0. The number of benzene rings is 1. The Balaban J connectivity index is 3.30. The van der Waals surface area contributed by atoms with Crippen molar-refractivity contribution < 1.29 is 24.3 Å². The van der Waals surface area contributed by atoms with Crippen LogP contribution in [0.2, 0.25) is 0 Å². The van der Waals surface area contributed by atoms with Crippen molar-refractivity contribution >= 4 is 18.9 Å². The molecule has 0 fully saturated rings. The molecule has 0 atom stereocenters. The average molecular weight is 224 g/mol.